The van der Waals surface area contributed by atoms with Crippen molar-refractivity contribution in [1.82, 2.24) is 15.5 Å². The lowest BCUT2D eigenvalue weighted by molar-refractivity contribution is -0.129. The third-order valence-electron chi connectivity index (χ3n) is 4.50. The van der Waals surface area contributed by atoms with Gasteiger partial charge >= 0.3 is 0 Å². The van der Waals surface area contributed by atoms with Crippen molar-refractivity contribution in [1.29, 1.82) is 0 Å². The number of rotatable bonds is 6. The van der Waals surface area contributed by atoms with E-state index in [2.05, 4.69) is 10.6 Å². The molecule has 3 rings (SSSR count). The van der Waals surface area contributed by atoms with Crippen LogP contribution in [-0.2, 0) is 9.59 Å². The molecule has 0 saturated carbocycles. The van der Waals surface area contributed by atoms with Gasteiger partial charge in [0.1, 0.15) is 0 Å². The van der Waals surface area contributed by atoms with Crippen LogP contribution in [-0.4, -0.2) is 55.1 Å². The molecule has 2 aliphatic heterocycles. The Labute approximate surface area is 151 Å². The zero-order valence-corrected chi connectivity index (χ0v) is 14.9. The fourth-order valence-electron chi connectivity index (χ4n) is 3.05. The summed E-state index contributed by atoms with van der Waals surface area (Å²) >= 11 is 0. The number of benzene rings is 1. The summed E-state index contributed by atoms with van der Waals surface area (Å²) in [6.45, 7) is 5.08. The number of likely N-dealkylation sites (tertiary alicyclic amines) is 1. The summed E-state index contributed by atoms with van der Waals surface area (Å²) < 4.78 is 10.5. The van der Waals surface area contributed by atoms with Crippen molar-refractivity contribution in [3.8, 4) is 11.5 Å². The SMILES string of the molecule is CC(C)N1CC(C(=O)NCCNC(=O)c2ccc3c(c2)OCO3)CC1=O. The lowest BCUT2D eigenvalue weighted by atomic mass is 10.1. The van der Waals surface area contributed by atoms with Gasteiger partial charge in [0, 0.05) is 37.7 Å². The van der Waals surface area contributed by atoms with Crippen LogP contribution >= 0.6 is 0 Å². The zero-order valence-electron chi connectivity index (χ0n) is 14.9. The average molecular weight is 361 g/mol. The fraction of sp³-hybridized carbons (Fsp3) is 0.500. The van der Waals surface area contributed by atoms with E-state index in [1.807, 2.05) is 13.8 Å². The highest BCUT2D eigenvalue weighted by Gasteiger charge is 2.35. The molecule has 8 heteroatoms. The van der Waals surface area contributed by atoms with Gasteiger partial charge < -0.3 is 25.0 Å². The Morgan fingerprint density at radius 2 is 1.92 bits per heavy atom. The van der Waals surface area contributed by atoms with E-state index in [1.54, 1.807) is 23.1 Å². The van der Waals surface area contributed by atoms with Crippen LogP contribution in [0.3, 0.4) is 0 Å². The van der Waals surface area contributed by atoms with E-state index in [0.717, 1.165) is 0 Å². The molecular weight excluding hydrogens is 338 g/mol. The first-order valence-electron chi connectivity index (χ1n) is 8.70. The van der Waals surface area contributed by atoms with Crippen molar-refractivity contribution in [2.24, 2.45) is 5.92 Å². The minimum absolute atomic E-state index is 0.0104. The van der Waals surface area contributed by atoms with Crippen LogP contribution in [0.1, 0.15) is 30.6 Å². The largest absolute Gasteiger partial charge is 0.454 e. The molecule has 2 heterocycles. The molecule has 1 aromatic rings. The predicted molar refractivity (Wildman–Crippen MR) is 92.9 cm³/mol. The molecule has 0 aromatic heterocycles. The lowest BCUT2D eigenvalue weighted by Crippen LogP contribution is -2.39. The van der Waals surface area contributed by atoms with E-state index in [1.165, 1.54) is 0 Å². The van der Waals surface area contributed by atoms with Crippen molar-refractivity contribution >= 4 is 17.7 Å². The number of carbonyl (C=O) groups excluding carboxylic acids is 3. The Kier molecular flexibility index (Phi) is 5.29. The molecule has 0 spiro atoms. The van der Waals surface area contributed by atoms with Crippen molar-refractivity contribution in [2.45, 2.75) is 26.3 Å². The van der Waals surface area contributed by atoms with E-state index >= 15 is 0 Å². The van der Waals surface area contributed by atoms with Crippen LogP contribution in [0.4, 0.5) is 0 Å². The van der Waals surface area contributed by atoms with Gasteiger partial charge in [-0.05, 0) is 32.0 Å². The number of hydrogen-bond acceptors (Lipinski definition) is 5. The summed E-state index contributed by atoms with van der Waals surface area (Å²) in [5.41, 5.74) is 0.467. The second kappa shape index (κ2) is 7.63. The second-order valence-corrected chi connectivity index (χ2v) is 6.66. The van der Waals surface area contributed by atoms with E-state index in [0.29, 0.717) is 36.7 Å². The van der Waals surface area contributed by atoms with Gasteiger partial charge in [-0.1, -0.05) is 0 Å². The van der Waals surface area contributed by atoms with Gasteiger partial charge in [0.25, 0.3) is 5.91 Å². The second-order valence-electron chi connectivity index (χ2n) is 6.66. The van der Waals surface area contributed by atoms with E-state index in [-0.39, 0.29) is 42.9 Å². The maximum atomic E-state index is 12.2. The molecule has 1 fully saturated rings. The van der Waals surface area contributed by atoms with Crippen molar-refractivity contribution in [3.63, 3.8) is 0 Å². The minimum atomic E-state index is -0.325. The minimum Gasteiger partial charge on any atom is -0.454 e. The Morgan fingerprint density at radius 1 is 1.19 bits per heavy atom. The topological polar surface area (TPSA) is 97.0 Å². The average Bonchev–Trinajstić information content (AvgIpc) is 3.23. The number of carbonyl (C=O) groups is 3. The monoisotopic (exact) mass is 361 g/mol. The normalized spacial score (nSPS) is 18.3. The molecule has 1 atom stereocenters. The van der Waals surface area contributed by atoms with E-state index in [4.69, 9.17) is 9.47 Å². The van der Waals surface area contributed by atoms with Gasteiger partial charge in [-0.3, -0.25) is 14.4 Å². The molecule has 140 valence electrons. The summed E-state index contributed by atoms with van der Waals surface area (Å²) in [6.07, 6.45) is 0.244. The highest BCUT2D eigenvalue weighted by Crippen LogP contribution is 2.32. The smallest absolute Gasteiger partial charge is 0.251 e. The first-order valence-corrected chi connectivity index (χ1v) is 8.70. The standard InChI is InChI=1S/C18H23N3O5/c1-11(2)21-9-13(8-16(21)22)18(24)20-6-5-19-17(23)12-3-4-14-15(7-12)26-10-25-14/h3-4,7,11,13H,5-6,8-10H2,1-2H3,(H,19,23)(H,20,24). The molecule has 2 aliphatic rings. The summed E-state index contributed by atoms with van der Waals surface area (Å²) in [5, 5.41) is 5.52. The maximum Gasteiger partial charge on any atom is 0.251 e. The summed E-state index contributed by atoms with van der Waals surface area (Å²) in [7, 11) is 0. The van der Waals surface area contributed by atoms with Crippen LogP contribution in [0.15, 0.2) is 18.2 Å². The first kappa shape index (κ1) is 18.0. The van der Waals surface area contributed by atoms with Crippen LogP contribution in [0, 0.1) is 5.92 Å². The molecule has 2 N–H and O–H groups in total. The number of nitrogens with one attached hydrogen (secondary N) is 2. The molecule has 3 amide bonds. The molecule has 1 aromatic carbocycles. The highest BCUT2D eigenvalue weighted by atomic mass is 16.7. The molecule has 1 saturated heterocycles. The summed E-state index contributed by atoms with van der Waals surface area (Å²) in [4.78, 5) is 37.9. The van der Waals surface area contributed by atoms with Gasteiger partial charge in [0.05, 0.1) is 5.92 Å². The maximum absolute atomic E-state index is 12.2. The predicted octanol–water partition coefficient (Wildman–Crippen LogP) is 0.518. The summed E-state index contributed by atoms with van der Waals surface area (Å²) in [6, 6.07) is 5.07. The zero-order chi connectivity index (χ0) is 18.7. The molecule has 0 bridgehead atoms. The molecule has 0 radical (unpaired) electrons. The number of nitrogens with zero attached hydrogens (tertiary/aromatic N) is 1. The van der Waals surface area contributed by atoms with Gasteiger partial charge in [-0.25, -0.2) is 0 Å². The van der Waals surface area contributed by atoms with E-state index in [9.17, 15) is 14.4 Å². The van der Waals surface area contributed by atoms with Gasteiger partial charge in [0.2, 0.25) is 18.6 Å². The van der Waals surface area contributed by atoms with Crippen LogP contribution < -0.4 is 20.1 Å². The third-order valence-corrected chi connectivity index (χ3v) is 4.50. The van der Waals surface area contributed by atoms with Crippen LogP contribution in [0.2, 0.25) is 0 Å². The number of ether oxygens (including phenoxy) is 2. The molecule has 1 unspecified atom stereocenters. The van der Waals surface area contributed by atoms with Crippen LogP contribution in [0.5, 0.6) is 11.5 Å². The highest BCUT2D eigenvalue weighted by molar-refractivity contribution is 5.95. The number of fused-ring (bicyclic) bond motifs is 1. The fourth-order valence-corrected chi connectivity index (χ4v) is 3.05. The first-order chi connectivity index (χ1) is 12.5. The Morgan fingerprint density at radius 3 is 2.65 bits per heavy atom. The van der Waals surface area contributed by atoms with Crippen LogP contribution in [0.25, 0.3) is 0 Å². The Bertz CT molecular complexity index is 719. The van der Waals surface area contributed by atoms with Gasteiger partial charge in [-0.15, -0.1) is 0 Å². The van der Waals surface area contributed by atoms with Crippen molar-refractivity contribution < 1.29 is 23.9 Å². The number of hydrogen-bond donors (Lipinski definition) is 2. The third kappa shape index (κ3) is 3.89. The van der Waals surface area contributed by atoms with Gasteiger partial charge in [0.15, 0.2) is 11.5 Å². The molecule has 26 heavy (non-hydrogen) atoms. The van der Waals surface area contributed by atoms with Gasteiger partial charge in [-0.2, -0.15) is 0 Å². The summed E-state index contributed by atoms with van der Waals surface area (Å²) in [5.74, 6) is 0.450. The Hall–Kier alpha value is -2.77. The number of amides is 3. The lowest BCUT2D eigenvalue weighted by Gasteiger charge is -2.20. The van der Waals surface area contributed by atoms with Crippen molar-refractivity contribution in [2.75, 3.05) is 26.4 Å². The molecular formula is C18H23N3O5. The van der Waals surface area contributed by atoms with E-state index < -0.39 is 0 Å². The molecule has 8 nitrogen and oxygen atoms in total. The van der Waals surface area contributed by atoms with Crippen molar-refractivity contribution in [3.05, 3.63) is 23.8 Å². The molecule has 0 aliphatic carbocycles. The Balaban J connectivity index is 1.41. The quantitative estimate of drug-likeness (QED) is 0.720.